The zero-order valence-corrected chi connectivity index (χ0v) is 32.1. The van der Waals surface area contributed by atoms with E-state index in [1.807, 2.05) is 0 Å². The van der Waals surface area contributed by atoms with E-state index in [0.29, 0.717) is 32.1 Å². The van der Waals surface area contributed by atoms with Crippen molar-refractivity contribution in [3.63, 3.8) is 0 Å². The summed E-state index contributed by atoms with van der Waals surface area (Å²) in [7, 11) is 0. The van der Waals surface area contributed by atoms with Crippen molar-refractivity contribution in [2.24, 2.45) is 0 Å². The van der Waals surface area contributed by atoms with Crippen LogP contribution in [0.3, 0.4) is 0 Å². The van der Waals surface area contributed by atoms with Crippen molar-refractivity contribution in [1.29, 1.82) is 0 Å². The van der Waals surface area contributed by atoms with Crippen molar-refractivity contribution in [3.05, 3.63) is 110 Å². The Morgan fingerprint density at radius 3 is 1.33 bits per heavy atom. The van der Waals surface area contributed by atoms with E-state index >= 15 is 0 Å². The van der Waals surface area contributed by atoms with E-state index in [4.69, 9.17) is 0 Å². The van der Waals surface area contributed by atoms with Crippen LogP contribution in [0.4, 0.5) is 0 Å². The fraction of sp³-hybridized carbons (Fsp3) is 0.463. The van der Waals surface area contributed by atoms with Gasteiger partial charge in [0.2, 0.25) is 0 Å². The zero-order valence-electron chi connectivity index (χ0n) is 29.4. The van der Waals surface area contributed by atoms with Crippen molar-refractivity contribution >= 4 is 24.0 Å². The van der Waals surface area contributed by atoms with Gasteiger partial charge in [0, 0.05) is 0 Å². The molecule has 3 atom stereocenters. The molecule has 2 aliphatic rings. The number of benzene rings is 3. The summed E-state index contributed by atoms with van der Waals surface area (Å²) in [6, 6.07) is 22.1. The second-order valence-corrected chi connectivity index (χ2v) is 40.4. The molecule has 3 aromatic rings. The van der Waals surface area contributed by atoms with Crippen molar-refractivity contribution in [2.75, 3.05) is 0 Å². The van der Waals surface area contributed by atoms with Crippen LogP contribution >= 0.6 is 0 Å². The summed E-state index contributed by atoms with van der Waals surface area (Å²) in [5, 5.41) is 7.47. The quantitative estimate of drug-likeness (QED) is 0.219. The minimum atomic E-state index is -3.63. The van der Waals surface area contributed by atoms with E-state index in [1.54, 1.807) is 49.7 Å². The fourth-order valence-electron chi connectivity index (χ4n) is 9.34. The van der Waals surface area contributed by atoms with Gasteiger partial charge in [0.25, 0.3) is 0 Å². The first-order valence-corrected chi connectivity index (χ1v) is 27.0. The summed E-state index contributed by atoms with van der Waals surface area (Å²) in [6.45, 7) is 25.3. The molecule has 2 aliphatic carbocycles. The summed E-state index contributed by atoms with van der Waals surface area (Å²) in [6.07, 6.45) is 5.25. The molecule has 0 nitrogen and oxygen atoms in total. The Labute approximate surface area is 265 Å². The normalized spacial score (nSPS) is 19.9. The van der Waals surface area contributed by atoms with Gasteiger partial charge in [-0.25, -0.2) is 0 Å². The first-order chi connectivity index (χ1) is 20.1. The van der Waals surface area contributed by atoms with Gasteiger partial charge in [0.05, 0.1) is 0 Å². The van der Waals surface area contributed by atoms with Gasteiger partial charge < -0.3 is 0 Å². The molecule has 0 saturated carbocycles. The number of allylic oxidation sites excluding steroid dienone is 2. The van der Waals surface area contributed by atoms with Crippen LogP contribution in [0.2, 0.25) is 17.0 Å². The maximum atomic E-state index is 2.91. The third-order valence-corrected chi connectivity index (χ3v) is 41.2. The van der Waals surface area contributed by atoms with Crippen LogP contribution in [0.1, 0.15) is 146 Å². The molecule has 0 aromatic heterocycles. The molecule has 0 heterocycles. The van der Waals surface area contributed by atoms with Gasteiger partial charge in [-0.05, 0) is 0 Å². The van der Waals surface area contributed by atoms with Crippen LogP contribution in [0.25, 0.3) is 12.2 Å². The van der Waals surface area contributed by atoms with Gasteiger partial charge in [-0.1, -0.05) is 0 Å². The summed E-state index contributed by atoms with van der Waals surface area (Å²) in [5.74, 6) is 2.08. The summed E-state index contributed by atoms with van der Waals surface area (Å²) in [5.41, 5.74) is 15.8. The Kier molecular flexibility index (Phi) is 8.65. The number of rotatable bonds is 8. The van der Waals surface area contributed by atoms with Crippen molar-refractivity contribution in [2.45, 2.75) is 118 Å². The minimum absolute atomic E-state index is 0.516. The van der Waals surface area contributed by atoms with E-state index in [1.165, 1.54) is 11.1 Å². The summed E-state index contributed by atoms with van der Waals surface area (Å²) >= 11 is -3.63. The van der Waals surface area contributed by atoms with E-state index in [-0.39, 0.29) is 0 Å². The van der Waals surface area contributed by atoms with E-state index in [0.717, 1.165) is 0 Å². The third kappa shape index (κ3) is 5.16. The van der Waals surface area contributed by atoms with Gasteiger partial charge in [0.15, 0.2) is 0 Å². The van der Waals surface area contributed by atoms with Crippen LogP contribution in [-0.2, 0) is 14.6 Å². The predicted octanol–water partition coefficient (Wildman–Crippen LogP) is 11.8. The van der Waals surface area contributed by atoms with Crippen molar-refractivity contribution in [1.82, 2.24) is 0 Å². The monoisotopic (exact) mass is 625 g/mol. The van der Waals surface area contributed by atoms with E-state index in [2.05, 4.69) is 153 Å². The van der Waals surface area contributed by atoms with Crippen molar-refractivity contribution < 1.29 is 14.6 Å². The molecule has 0 saturated heterocycles. The predicted molar refractivity (Wildman–Crippen MR) is 193 cm³/mol. The third-order valence-electron chi connectivity index (χ3n) is 11.9. The Morgan fingerprint density at radius 2 is 0.977 bits per heavy atom. The molecule has 0 N–H and O–H groups in total. The molecule has 5 rings (SSSR count). The Hall–Kier alpha value is -1.93. The molecule has 3 unspecified atom stereocenters. The standard InChI is InChI=1S/2C16H21.C7H9Si.2CH3.Ti/c2*1-10(2)13-8-14-6-12(5)7-16(14)15(9-13)11(3)4;1-8-7-5-3-2-4-6-7;;;/h2*6-11H,1-5H3;2-6,8H,1H3;2*1H3;. The second-order valence-electron chi connectivity index (χ2n) is 16.4. The molecular formula is C41H57SiTi. The molecular weight excluding hydrogens is 568 g/mol. The second kappa shape index (κ2) is 11.5. The molecule has 0 radical (unpaired) electrons. The topological polar surface area (TPSA) is 0 Å². The first kappa shape index (κ1) is 32.5. The van der Waals surface area contributed by atoms with Gasteiger partial charge in [-0.2, -0.15) is 0 Å². The molecule has 229 valence electrons. The van der Waals surface area contributed by atoms with Gasteiger partial charge in [0.1, 0.15) is 0 Å². The number of fused-ring (bicyclic) bond motifs is 2. The zero-order chi connectivity index (χ0) is 31.6. The average molecular weight is 626 g/mol. The summed E-state index contributed by atoms with van der Waals surface area (Å²) in [4.78, 5) is 0. The number of hydrogen-bond donors (Lipinski definition) is 0. The molecule has 0 bridgehead atoms. The Morgan fingerprint density at radius 1 is 0.581 bits per heavy atom. The first-order valence-electron chi connectivity index (χ1n) is 17.0. The molecule has 43 heavy (non-hydrogen) atoms. The van der Waals surface area contributed by atoms with Crippen LogP contribution < -0.4 is 5.19 Å². The van der Waals surface area contributed by atoms with Crippen LogP contribution in [0.5, 0.6) is 0 Å². The Bertz CT molecular complexity index is 1500. The SMILES string of the molecule is CC1=Cc2c(C(C)C)cc(C(C)C)cc2[CH]1[Ti]([CH3])([CH3])([CH]1C(C)=Cc2c(C(C)C)cc(C(C)C)cc21)[SiH](C)c1ccccc1. The molecule has 2 heteroatoms. The van der Waals surface area contributed by atoms with Crippen molar-refractivity contribution in [3.8, 4) is 0 Å². The molecule has 0 spiro atoms. The van der Waals surface area contributed by atoms with Crippen LogP contribution in [-0.4, -0.2) is 6.66 Å². The Balaban J connectivity index is 1.88. The van der Waals surface area contributed by atoms with Crippen LogP contribution in [0.15, 0.2) is 65.7 Å². The number of hydrogen-bond acceptors (Lipinski definition) is 0. The average Bonchev–Trinajstić information content (AvgIpc) is 3.47. The maximum absolute atomic E-state index is 3.63. The molecule has 3 aromatic carbocycles. The van der Waals surface area contributed by atoms with Gasteiger partial charge in [-0.15, -0.1) is 0 Å². The molecule has 0 fully saturated rings. The van der Waals surface area contributed by atoms with E-state index < -0.39 is 21.2 Å². The summed E-state index contributed by atoms with van der Waals surface area (Å²) < 4.78 is 1.07. The van der Waals surface area contributed by atoms with E-state index in [9.17, 15) is 0 Å². The molecule has 0 aliphatic heterocycles. The fourth-order valence-corrected chi connectivity index (χ4v) is 35.4. The molecule has 0 amide bonds. The van der Waals surface area contributed by atoms with Crippen LogP contribution in [0, 0.1) is 0 Å². The van der Waals surface area contributed by atoms with Gasteiger partial charge >= 0.3 is 267 Å². The van der Waals surface area contributed by atoms with Gasteiger partial charge in [-0.3, -0.25) is 0 Å².